The van der Waals surface area contributed by atoms with Crippen LogP contribution in [0.4, 0.5) is 11.4 Å². The number of nitrogens with zero attached hydrogens (tertiary/aromatic N) is 2. The molecular formula is C20H13N3O6. The Morgan fingerprint density at radius 1 is 1.07 bits per heavy atom. The average Bonchev–Trinajstić information content (AvgIpc) is 3.29. The lowest BCUT2D eigenvalue weighted by Gasteiger charge is -2.13. The first-order valence-electron chi connectivity index (χ1n) is 8.44. The van der Waals surface area contributed by atoms with Crippen LogP contribution < -0.4 is 10.4 Å². The number of para-hydroxylation sites is 1. The predicted octanol–water partition coefficient (Wildman–Crippen LogP) is 3.02. The number of carbonyl (C=O) groups excluding carboxylic acids is 2. The number of phenolic OH excluding ortho intramolecular Hbond substituents is 1. The number of hydrogen-bond donors (Lipinski definition) is 2. The molecule has 0 spiro atoms. The van der Waals surface area contributed by atoms with E-state index < -0.39 is 16.7 Å². The maximum atomic E-state index is 12.6. The van der Waals surface area contributed by atoms with Gasteiger partial charge < -0.3 is 9.52 Å². The number of rotatable bonds is 4. The summed E-state index contributed by atoms with van der Waals surface area (Å²) in [7, 11) is 0. The second-order valence-electron chi connectivity index (χ2n) is 6.14. The third kappa shape index (κ3) is 3.32. The molecule has 2 heterocycles. The summed E-state index contributed by atoms with van der Waals surface area (Å²) in [4.78, 5) is 35.2. The van der Waals surface area contributed by atoms with Gasteiger partial charge in [0.2, 0.25) is 0 Å². The van der Waals surface area contributed by atoms with Gasteiger partial charge in [-0.2, -0.15) is 0 Å². The molecule has 1 aliphatic heterocycles. The highest BCUT2D eigenvalue weighted by Gasteiger charge is 2.34. The molecule has 3 aromatic rings. The van der Waals surface area contributed by atoms with E-state index in [4.69, 9.17) is 4.42 Å². The molecule has 2 aromatic carbocycles. The van der Waals surface area contributed by atoms with Crippen LogP contribution in [0, 0.1) is 10.1 Å². The highest BCUT2D eigenvalue weighted by atomic mass is 16.6. The molecule has 0 saturated carbocycles. The molecule has 0 aliphatic carbocycles. The fraction of sp³-hybridized carbons (Fsp3) is 0. The van der Waals surface area contributed by atoms with Crippen molar-refractivity contribution in [2.45, 2.75) is 0 Å². The lowest BCUT2D eigenvalue weighted by molar-refractivity contribution is -0.384. The van der Waals surface area contributed by atoms with E-state index in [1.807, 2.05) is 0 Å². The Hall–Kier alpha value is -4.40. The van der Waals surface area contributed by atoms with Crippen molar-refractivity contribution < 1.29 is 24.0 Å². The number of nitro benzene ring substituents is 1. The van der Waals surface area contributed by atoms with Gasteiger partial charge in [-0.3, -0.25) is 25.1 Å². The average molecular weight is 391 g/mol. The van der Waals surface area contributed by atoms with Crippen LogP contribution in [-0.4, -0.2) is 21.8 Å². The van der Waals surface area contributed by atoms with Gasteiger partial charge in [0.1, 0.15) is 22.8 Å². The van der Waals surface area contributed by atoms with Gasteiger partial charge >= 0.3 is 0 Å². The third-order valence-corrected chi connectivity index (χ3v) is 4.28. The van der Waals surface area contributed by atoms with E-state index in [0.717, 1.165) is 5.01 Å². The summed E-state index contributed by atoms with van der Waals surface area (Å²) in [6, 6.07) is 15.1. The minimum absolute atomic E-state index is 0.122. The van der Waals surface area contributed by atoms with Crippen LogP contribution >= 0.6 is 0 Å². The number of phenols is 1. The molecule has 9 heteroatoms. The van der Waals surface area contributed by atoms with Crippen LogP contribution in [0.1, 0.15) is 5.76 Å². The zero-order valence-electron chi connectivity index (χ0n) is 14.7. The summed E-state index contributed by atoms with van der Waals surface area (Å²) >= 11 is 0. The number of amides is 2. The van der Waals surface area contributed by atoms with Gasteiger partial charge in [-0.1, -0.05) is 18.2 Å². The molecule has 2 N–H and O–H groups in total. The molecule has 2 amide bonds. The molecule has 0 radical (unpaired) electrons. The molecule has 9 nitrogen and oxygen atoms in total. The van der Waals surface area contributed by atoms with E-state index >= 15 is 0 Å². The van der Waals surface area contributed by atoms with Crippen molar-refractivity contribution in [2.75, 3.05) is 5.01 Å². The van der Waals surface area contributed by atoms with Gasteiger partial charge in [0.25, 0.3) is 17.5 Å². The zero-order chi connectivity index (χ0) is 20.5. The normalized spacial score (nSPS) is 15.0. The van der Waals surface area contributed by atoms with Crippen molar-refractivity contribution in [3.05, 3.63) is 82.1 Å². The fourth-order valence-electron chi connectivity index (χ4n) is 2.87. The first-order valence-corrected chi connectivity index (χ1v) is 8.44. The van der Waals surface area contributed by atoms with Crippen molar-refractivity contribution in [3.63, 3.8) is 0 Å². The first kappa shape index (κ1) is 18.0. The molecule has 0 unspecified atom stereocenters. The number of hydrogen-bond acceptors (Lipinski definition) is 6. The summed E-state index contributed by atoms with van der Waals surface area (Å²) in [6.45, 7) is 0. The van der Waals surface area contributed by atoms with E-state index in [1.165, 1.54) is 36.4 Å². The molecule has 4 rings (SSSR count). The highest BCUT2D eigenvalue weighted by molar-refractivity contribution is 6.31. The van der Waals surface area contributed by atoms with Gasteiger partial charge in [-0.25, -0.2) is 5.01 Å². The molecule has 29 heavy (non-hydrogen) atoms. The van der Waals surface area contributed by atoms with Crippen molar-refractivity contribution in [3.8, 4) is 17.1 Å². The Balaban J connectivity index is 1.65. The van der Waals surface area contributed by atoms with Gasteiger partial charge in [-0.05, 0) is 36.4 Å². The largest absolute Gasteiger partial charge is 0.507 e. The molecule has 1 aliphatic rings. The topological polar surface area (TPSA) is 126 Å². The Morgan fingerprint density at radius 3 is 2.55 bits per heavy atom. The lowest BCUT2D eigenvalue weighted by Crippen LogP contribution is -2.35. The van der Waals surface area contributed by atoms with Crippen molar-refractivity contribution in [1.29, 1.82) is 0 Å². The van der Waals surface area contributed by atoms with Gasteiger partial charge in [-0.15, -0.1) is 0 Å². The molecular weight excluding hydrogens is 378 g/mol. The third-order valence-electron chi connectivity index (χ3n) is 4.28. The van der Waals surface area contributed by atoms with E-state index in [-0.39, 0.29) is 34.1 Å². The monoisotopic (exact) mass is 391 g/mol. The summed E-state index contributed by atoms with van der Waals surface area (Å²) in [6.07, 6.45) is 1.28. The first-order chi connectivity index (χ1) is 13.9. The van der Waals surface area contributed by atoms with E-state index in [2.05, 4.69) is 5.43 Å². The van der Waals surface area contributed by atoms with Crippen LogP contribution in [0.3, 0.4) is 0 Å². The second kappa shape index (κ2) is 6.97. The molecule has 0 bridgehead atoms. The number of carbonyl (C=O) groups is 2. The number of furan rings is 1. The van der Waals surface area contributed by atoms with Gasteiger partial charge in [0, 0.05) is 12.1 Å². The van der Waals surface area contributed by atoms with Crippen LogP contribution in [-0.2, 0) is 9.59 Å². The number of hydrazine groups is 1. The molecule has 1 aromatic heterocycles. The number of benzene rings is 2. The number of non-ortho nitro benzene ring substituents is 1. The Labute approximate surface area is 163 Å². The maximum absolute atomic E-state index is 12.6. The smallest absolute Gasteiger partial charge is 0.282 e. The minimum atomic E-state index is -0.589. The van der Waals surface area contributed by atoms with Crippen LogP contribution in [0.25, 0.3) is 17.4 Å². The predicted molar refractivity (Wildman–Crippen MR) is 103 cm³/mol. The highest BCUT2D eigenvalue weighted by Crippen LogP contribution is 2.34. The van der Waals surface area contributed by atoms with E-state index in [1.54, 1.807) is 30.3 Å². The summed E-state index contributed by atoms with van der Waals surface area (Å²) in [5.74, 6) is -0.996. The van der Waals surface area contributed by atoms with Crippen molar-refractivity contribution in [1.82, 2.24) is 5.43 Å². The number of anilines is 1. The van der Waals surface area contributed by atoms with Crippen molar-refractivity contribution in [2.24, 2.45) is 0 Å². The van der Waals surface area contributed by atoms with Gasteiger partial charge in [0.05, 0.1) is 16.2 Å². The van der Waals surface area contributed by atoms with E-state index in [9.17, 15) is 24.8 Å². The summed E-state index contributed by atoms with van der Waals surface area (Å²) < 4.78 is 5.58. The SMILES string of the molecule is O=C1NN(c2ccccc2)C(=O)C1=Cc1ccc(-c2cc([N+](=O)[O-])ccc2O)o1. The minimum Gasteiger partial charge on any atom is -0.507 e. The standard InChI is InChI=1S/C20H13N3O6/c24-17-8-6-13(23(27)28)10-15(17)18-9-7-14(29-18)11-16-19(25)21-22(20(16)26)12-4-2-1-3-5-12/h1-11,24H,(H,21,25). The zero-order valence-corrected chi connectivity index (χ0v) is 14.7. The molecule has 0 atom stereocenters. The number of nitrogens with one attached hydrogen (secondary N) is 1. The van der Waals surface area contributed by atoms with E-state index in [0.29, 0.717) is 5.69 Å². The van der Waals surface area contributed by atoms with Crippen LogP contribution in [0.15, 0.2) is 70.7 Å². The Kier molecular flexibility index (Phi) is 4.32. The lowest BCUT2D eigenvalue weighted by atomic mass is 10.1. The molecule has 144 valence electrons. The van der Waals surface area contributed by atoms with Crippen molar-refractivity contribution >= 4 is 29.3 Å². The Bertz CT molecular complexity index is 1170. The summed E-state index contributed by atoms with van der Waals surface area (Å²) in [5, 5.41) is 22.1. The van der Waals surface area contributed by atoms with Crippen LogP contribution in [0.2, 0.25) is 0 Å². The van der Waals surface area contributed by atoms with Gasteiger partial charge in [0.15, 0.2) is 0 Å². The second-order valence-corrected chi connectivity index (χ2v) is 6.14. The summed E-state index contributed by atoms with van der Waals surface area (Å²) in [5.41, 5.74) is 2.77. The quantitative estimate of drug-likeness (QED) is 0.305. The fourth-order valence-corrected chi connectivity index (χ4v) is 2.87. The molecule has 1 saturated heterocycles. The number of aromatic hydroxyl groups is 1. The Morgan fingerprint density at radius 2 is 1.83 bits per heavy atom. The van der Waals surface area contributed by atoms with Crippen LogP contribution in [0.5, 0.6) is 5.75 Å². The maximum Gasteiger partial charge on any atom is 0.282 e. The molecule has 1 fully saturated rings. The number of nitro groups is 1.